The first-order valence-corrected chi connectivity index (χ1v) is 8.34. The Kier molecular flexibility index (Phi) is 3.76. The molecule has 0 radical (unpaired) electrons. The van der Waals surface area contributed by atoms with Gasteiger partial charge in [0.15, 0.2) is 0 Å². The number of phenols is 1. The Labute approximate surface area is 137 Å². The van der Waals surface area contributed by atoms with Crippen LogP contribution >= 0.6 is 0 Å². The molecule has 1 atom stereocenters. The van der Waals surface area contributed by atoms with E-state index in [2.05, 4.69) is 41.3 Å². The molecule has 116 valence electrons. The van der Waals surface area contributed by atoms with Gasteiger partial charge in [-0.2, -0.15) is 0 Å². The highest BCUT2D eigenvalue weighted by Gasteiger charge is 2.27. The van der Waals surface area contributed by atoms with Crippen molar-refractivity contribution in [3.63, 3.8) is 0 Å². The Hall–Kier alpha value is -2.32. The Balaban J connectivity index is 1.88. The van der Waals surface area contributed by atoms with Crippen LogP contribution in [0.15, 0.2) is 66.7 Å². The van der Waals surface area contributed by atoms with Crippen molar-refractivity contribution in [2.75, 3.05) is 13.1 Å². The minimum Gasteiger partial charge on any atom is -0.507 e. The van der Waals surface area contributed by atoms with E-state index in [1.165, 1.54) is 18.4 Å². The molecule has 4 rings (SSSR count). The van der Waals surface area contributed by atoms with Crippen molar-refractivity contribution in [1.29, 1.82) is 0 Å². The van der Waals surface area contributed by atoms with Crippen LogP contribution in [0.3, 0.4) is 0 Å². The summed E-state index contributed by atoms with van der Waals surface area (Å²) in [6.07, 6.45) is 2.47. The zero-order valence-electron chi connectivity index (χ0n) is 13.2. The SMILES string of the molecule is Oc1c([C@@H](c2ccccc2)N2CCCC2)ccc2ccccc12. The first-order chi connectivity index (χ1) is 11.3. The van der Waals surface area contributed by atoms with Gasteiger partial charge in [-0.1, -0.05) is 66.7 Å². The lowest BCUT2D eigenvalue weighted by molar-refractivity contribution is 0.276. The number of hydrogen-bond donors (Lipinski definition) is 1. The number of phenolic OH excluding ortho intramolecular Hbond substituents is 1. The van der Waals surface area contributed by atoms with Gasteiger partial charge in [-0.3, -0.25) is 4.90 Å². The molecule has 1 N–H and O–H groups in total. The van der Waals surface area contributed by atoms with E-state index >= 15 is 0 Å². The first-order valence-electron chi connectivity index (χ1n) is 8.34. The van der Waals surface area contributed by atoms with Crippen molar-refractivity contribution in [1.82, 2.24) is 4.90 Å². The number of rotatable bonds is 3. The normalized spacial score (nSPS) is 16.7. The number of likely N-dealkylation sites (tertiary alicyclic amines) is 1. The Bertz CT molecular complexity index is 806. The second-order valence-corrected chi connectivity index (χ2v) is 6.28. The van der Waals surface area contributed by atoms with Gasteiger partial charge in [0.05, 0.1) is 6.04 Å². The van der Waals surface area contributed by atoms with Crippen molar-refractivity contribution in [3.8, 4) is 5.75 Å². The molecular weight excluding hydrogens is 282 g/mol. The summed E-state index contributed by atoms with van der Waals surface area (Å²) in [7, 11) is 0. The van der Waals surface area contributed by atoms with E-state index < -0.39 is 0 Å². The van der Waals surface area contributed by atoms with Crippen LogP contribution in [-0.2, 0) is 0 Å². The first kappa shape index (κ1) is 14.3. The van der Waals surface area contributed by atoms with Crippen LogP contribution in [0.2, 0.25) is 0 Å². The lowest BCUT2D eigenvalue weighted by Crippen LogP contribution is -2.26. The van der Waals surface area contributed by atoms with Gasteiger partial charge in [-0.05, 0) is 36.9 Å². The summed E-state index contributed by atoms with van der Waals surface area (Å²) in [6.45, 7) is 2.18. The molecule has 1 aliphatic rings. The molecule has 2 nitrogen and oxygen atoms in total. The molecule has 23 heavy (non-hydrogen) atoms. The highest BCUT2D eigenvalue weighted by Crippen LogP contribution is 2.39. The predicted octanol–water partition coefficient (Wildman–Crippen LogP) is 4.73. The maximum atomic E-state index is 10.9. The molecule has 1 aliphatic heterocycles. The molecule has 2 heteroatoms. The fraction of sp³-hybridized carbons (Fsp3) is 0.238. The standard InChI is InChI=1S/C21H21NO/c23-21-18-11-5-4-8-16(18)12-13-19(21)20(22-14-6-7-15-22)17-9-2-1-3-10-17/h1-5,8-13,20,23H,6-7,14-15H2/t20-/m1/s1. The molecular formula is C21H21NO. The molecule has 0 aromatic heterocycles. The molecule has 1 heterocycles. The van der Waals surface area contributed by atoms with Gasteiger partial charge in [0.25, 0.3) is 0 Å². The van der Waals surface area contributed by atoms with Crippen LogP contribution in [0.1, 0.15) is 30.0 Å². The van der Waals surface area contributed by atoms with Crippen molar-refractivity contribution in [3.05, 3.63) is 77.9 Å². The van der Waals surface area contributed by atoms with E-state index in [9.17, 15) is 5.11 Å². The van der Waals surface area contributed by atoms with Crippen LogP contribution < -0.4 is 0 Å². The number of hydrogen-bond acceptors (Lipinski definition) is 2. The highest BCUT2D eigenvalue weighted by atomic mass is 16.3. The summed E-state index contributed by atoms with van der Waals surface area (Å²) >= 11 is 0. The van der Waals surface area contributed by atoms with Gasteiger partial charge in [0.2, 0.25) is 0 Å². The second kappa shape index (κ2) is 6.05. The largest absolute Gasteiger partial charge is 0.507 e. The van der Waals surface area contributed by atoms with Crippen LogP contribution in [0, 0.1) is 0 Å². The summed E-state index contributed by atoms with van der Waals surface area (Å²) < 4.78 is 0. The topological polar surface area (TPSA) is 23.5 Å². The molecule has 1 fully saturated rings. The minimum absolute atomic E-state index is 0.128. The van der Waals surface area contributed by atoms with Crippen LogP contribution in [0.5, 0.6) is 5.75 Å². The average Bonchev–Trinajstić information content (AvgIpc) is 3.13. The van der Waals surface area contributed by atoms with Crippen molar-refractivity contribution >= 4 is 10.8 Å². The Morgan fingerprint density at radius 1 is 0.783 bits per heavy atom. The van der Waals surface area contributed by atoms with Crippen LogP contribution in [0.4, 0.5) is 0 Å². The lowest BCUT2D eigenvalue weighted by atomic mass is 9.94. The fourth-order valence-electron chi connectivity index (χ4n) is 3.71. The van der Waals surface area contributed by atoms with Gasteiger partial charge in [-0.15, -0.1) is 0 Å². The number of fused-ring (bicyclic) bond motifs is 1. The summed E-state index contributed by atoms with van der Waals surface area (Å²) in [5, 5.41) is 12.9. The zero-order chi connectivity index (χ0) is 15.6. The number of nitrogens with zero attached hydrogens (tertiary/aromatic N) is 1. The summed E-state index contributed by atoms with van der Waals surface area (Å²) in [5.74, 6) is 0.420. The number of benzene rings is 3. The molecule has 3 aromatic rings. The summed E-state index contributed by atoms with van der Waals surface area (Å²) in [4.78, 5) is 2.49. The smallest absolute Gasteiger partial charge is 0.128 e. The quantitative estimate of drug-likeness (QED) is 0.756. The molecule has 1 saturated heterocycles. The Morgan fingerprint density at radius 2 is 1.48 bits per heavy atom. The van der Waals surface area contributed by atoms with Crippen molar-refractivity contribution < 1.29 is 5.11 Å². The molecule has 0 aliphatic carbocycles. The van der Waals surface area contributed by atoms with Crippen LogP contribution in [-0.4, -0.2) is 23.1 Å². The third-order valence-corrected chi connectivity index (χ3v) is 4.85. The van der Waals surface area contributed by atoms with E-state index in [0.717, 1.165) is 29.4 Å². The Morgan fingerprint density at radius 3 is 2.26 bits per heavy atom. The van der Waals surface area contributed by atoms with Crippen molar-refractivity contribution in [2.24, 2.45) is 0 Å². The third kappa shape index (κ3) is 2.60. The molecule has 0 unspecified atom stereocenters. The minimum atomic E-state index is 0.128. The maximum absolute atomic E-state index is 10.9. The highest BCUT2D eigenvalue weighted by molar-refractivity contribution is 5.89. The third-order valence-electron chi connectivity index (χ3n) is 4.85. The van der Waals surface area contributed by atoms with E-state index in [4.69, 9.17) is 0 Å². The molecule has 0 amide bonds. The van der Waals surface area contributed by atoms with Gasteiger partial charge < -0.3 is 5.11 Å². The van der Waals surface area contributed by atoms with E-state index in [-0.39, 0.29) is 6.04 Å². The molecule has 0 saturated carbocycles. The van der Waals surface area contributed by atoms with Gasteiger partial charge in [0.1, 0.15) is 5.75 Å². The maximum Gasteiger partial charge on any atom is 0.128 e. The molecule has 0 spiro atoms. The van der Waals surface area contributed by atoms with E-state index in [1.807, 2.05) is 30.3 Å². The van der Waals surface area contributed by atoms with Crippen molar-refractivity contribution in [2.45, 2.75) is 18.9 Å². The fourth-order valence-corrected chi connectivity index (χ4v) is 3.71. The average molecular weight is 303 g/mol. The summed E-state index contributed by atoms with van der Waals surface area (Å²) in [5.41, 5.74) is 2.26. The lowest BCUT2D eigenvalue weighted by Gasteiger charge is -2.29. The van der Waals surface area contributed by atoms with Gasteiger partial charge in [-0.25, -0.2) is 0 Å². The van der Waals surface area contributed by atoms with Gasteiger partial charge in [0, 0.05) is 10.9 Å². The second-order valence-electron chi connectivity index (χ2n) is 6.28. The molecule has 3 aromatic carbocycles. The zero-order valence-corrected chi connectivity index (χ0v) is 13.2. The van der Waals surface area contributed by atoms with E-state index in [1.54, 1.807) is 0 Å². The van der Waals surface area contributed by atoms with E-state index in [0.29, 0.717) is 5.75 Å². The number of aromatic hydroxyl groups is 1. The van der Waals surface area contributed by atoms with Crippen LogP contribution in [0.25, 0.3) is 10.8 Å². The predicted molar refractivity (Wildman–Crippen MR) is 94.7 cm³/mol. The monoisotopic (exact) mass is 303 g/mol. The van der Waals surface area contributed by atoms with Gasteiger partial charge >= 0.3 is 0 Å². The molecule has 0 bridgehead atoms. The summed E-state index contributed by atoms with van der Waals surface area (Å²) in [6, 6.07) is 22.9.